The van der Waals surface area contributed by atoms with Gasteiger partial charge in [-0.1, -0.05) is 0 Å². The minimum absolute atomic E-state index is 0.805. The predicted octanol–water partition coefficient (Wildman–Crippen LogP) is 5.53. The summed E-state index contributed by atoms with van der Waals surface area (Å²) < 4.78 is 11.5. The molecular formula is C15H32OSn. The van der Waals surface area contributed by atoms with E-state index < -0.39 is 18.4 Å². The zero-order valence-electron chi connectivity index (χ0n) is 12.5. The van der Waals surface area contributed by atoms with Gasteiger partial charge in [-0.3, -0.25) is 0 Å². The molecule has 0 rings (SSSR count). The van der Waals surface area contributed by atoms with Crippen LogP contribution in [0.4, 0.5) is 0 Å². The Kier molecular flexibility index (Phi) is 10.5. The van der Waals surface area contributed by atoms with Crippen LogP contribution in [-0.4, -0.2) is 25.0 Å². The van der Waals surface area contributed by atoms with Crippen molar-refractivity contribution in [1.82, 2.24) is 0 Å². The molecule has 1 nitrogen and oxygen atoms in total. The molecule has 0 aromatic carbocycles. The van der Waals surface area contributed by atoms with Crippen LogP contribution in [0.5, 0.6) is 0 Å². The monoisotopic (exact) mass is 348 g/mol. The Morgan fingerprint density at radius 2 is 1.41 bits per heavy atom. The number of ether oxygens (including phenoxy) is 1. The van der Waals surface area contributed by atoms with Gasteiger partial charge in [-0.2, -0.15) is 0 Å². The predicted molar refractivity (Wildman–Crippen MR) is 81.0 cm³/mol. The third-order valence-corrected chi connectivity index (χ3v) is 19.1. The molecule has 0 aliphatic rings. The van der Waals surface area contributed by atoms with E-state index >= 15 is 0 Å². The molecular weight excluding hydrogens is 315 g/mol. The Balaban J connectivity index is 4.72. The average Bonchev–Trinajstić information content (AvgIpc) is 2.33. The van der Waals surface area contributed by atoms with E-state index in [9.17, 15) is 0 Å². The van der Waals surface area contributed by atoms with Crippen molar-refractivity contribution in [1.29, 1.82) is 0 Å². The summed E-state index contributed by atoms with van der Waals surface area (Å²) in [6.45, 7) is 14.1. The summed E-state index contributed by atoms with van der Waals surface area (Å²) in [6, 6.07) is 0. The number of unbranched alkanes of at least 4 members (excludes halogenated alkanes) is 2. The first kappa shape index (κ1) is 17.3. The number of hydrogen-bond acceptors (Lipinski definition) is 1. The molecule has 0 heterocycles. The second kappa shape index (κ2) is 10.3. The SMILES string of the molecule is C=[C](OCC)[Sn]([CH2]CC)([CH2]CCC)[CH2]CCC. The molecule has 0 amide bonds. The molecule has 0 aliphatic heterocycles. The molecule has 0 radical (unpaired) electrons. The van der Waals surface area contributed by atoms with Crippen molar-refractivity contribution in [2.45, 2.75) is 73.1 Å². The van der Waals surface area contributed by atoms with Gasteiger partial charge in [0.2, 0.25) is 0 Å². The molecule has 0 atom stereocenters. The van der Waals surface area contributed by atoms with Crippen LogP contribution in [0.1, 0.15) is 59.8 Å². The third-order valence-electron chi connectivity index (χ3n) is 3.66. The maximum atomic E-state index is 5.85. The summed E-state index contributed by atoms with van der Waals surface area (Å²) >= 11 is -2.21. The molecule has 0 saturated carbocycles. The summed E-state index contributed by atoms with van der Waals surface area (Å²) in [7, 11) is 0. The maximum absolute atomic E-state index is 5.85. The van der Waals surface area contributed by atoms with Gasteiger partial charge in [0.05, 0.1) is 0 Å². The molecule has 102 valence electrons. The quantitative estimate of drug-likeness (QED) is 0.352. The number of hydrogen-bond donors (Lipinski definition) is 0. The second-order valence-corrected chi connectivity index (χ2v) is 18.3. The fraction of sp³-hybridized carbons (Fsp3) is 0.867. The van der Waals surface area contributed by atoms with E-state index in [1.54, 1.807) is 0 Å². The minimum atomic E-state index is -2.21. The van der Waals surface area contributed by atoms with Gasteiger partial charge in [0.25, 0.3) is 0 Å². The van der Waals surface area contributed by atoms with E-state index in [0.29, 0.717) is 0 Å². The fourth-order valence-corrected chi connectivity index (χ4v) is 17.1. The van der Waals surface area contributed by atoms with Crippen molar-refractivity contribution in [3.8, 4) is 0 Å². The van der Waals surface area contributed by atoms with E-state index in [1.165, 1.54) is 49.2 Å². The van der Waals surface area contributed by atoms with Crippen LogP contribution in [0.15, 0.2) is 10.4 Å². The van der Waals surface area contributed by atoms with E-state index in [2.05, 4.69) is 34.3 Å². The molecule has 0 aliphatic carbocycles. The Hall–Kier alpha value is 0.339. The van der Waals surface area contributed by atoms with Crippen LogP contribution in [0.25, 0.3) is 0 Å². The van der Waals surface area contributed by atoms with Crippen molar-refractivity contribution in [2.24, 2.45) is 0 Å². The van der Waals surface area contributed by atoms with Gasteiger partial charge in [-0.15, -0.1) is 0 Å². The van der Waals surface area contributed by atoms with Crippen molar-refractivity contribution < 1.29 is 4.74 Å². The molecule has 0 spiro atoms. The molecule has 0 bridgehead atoms. The topological polar surface area (TPSA) is 9.23 Å². The second-order valence-electron chi connectivity index (χ2n) is 5.09. The molecule has 0 saturated heterocycles. The normalized spacial score (nSPS) is 11.5. The third kappa shape index (κ3) is 6.17. The Morgan fingerprint density at radius 3 is 1.76 bits per heavy atom. The van der Waals surface area contributed by atoms with Crippen LogP contribution in [0.3, 0.4) is 0 Å². The van der Waals surface area contributed by atoms with Crippen molar-refractivity contribution in [2.75, 3.05) is 6.61 Å². The average molecular weight is 347 g/mol. The van der Waals surface area contributed by atoms with Crippen molar-refractivity contribution in [3.05, 3.63) is 10.4 Å². The van der Waals surface area contributed by atoms with Crippen molar-refractivity contribution in [3.63, 3.8) is 0 Å². The summed E-state index contributed by atoms with van der Waals surface area (Å²) in [5, 5.41) is 0. The van der Waals surface area contributed by atoms with Crippen LogP contribution < -0.4 is 0 Å². The first-order chi connectivity index (χ1) is 8.16. The fourth-order valence-electron chi connectivity index (χ4n) is 2.63. The molecule has 0 aromatic rings. The molecule has 0 fully saturated rings. The van der Waals surface area contributed by atoms with Gasteiger partial charge in [-0.25, -0.2) is 0 Å². The summed E-state index contributed by atoms with van der Waals surface area (Å²) in [5.74, 6) is 0. The molecule has 0 aromatic heterocycles. The van der Waals surface area contributed by atoms with Crippen LogP contribution >= 0.6 is 0 Å². The Bertz CT molecular complexity index is 193. The molecule has 17 heavy (non-hydrogen) atoms. The van der Waals surface area contributed by atoms with Gasteiger partial charge in [-0.05, 0) is 0 Å². The summed E-state index contributed by atoms with van der Waals surface area (Å²) in [4.78, 5) is 0. The zero-order chi connectivity index (χ0) is 13.1. The summed E-state index contributed by atoms with van der Waals surface area (Å²) in [5.41, 5.74) is 0. The summed E-state index contributed by atoms with van der Waals surface area (Å²) in [6.07, 6.45) is 6.70. The van der Waals surface area contributed by atoms with Crippen molar-refractivity contribution >= 4 is 18.4 Å². The van der Waals surface area contributed by atoms with E-state index in [4.69, 9.17) is 4.74 Å². The van der Waals surface area contributed by atoms with E-state index in [1.807, 2.05) is 0 Å². The van der Waals surface area contributed by atoms with Gasteiger partial charge in [0, 0.05) is 0 Å². The van der Waals surface area contributed by atoms with Gasteiger partial charge < -0.3 is 0 Å². The Labute approximate surface area is 113 Å². The van der Waals surface area contributed by atoms with Crippen LogP contribution in [0, 0.1) is 0 Å². The van der Waals surface area contributed by atoms with E-state index in [0.717, 1.165) is 6.61 Å². The van der Waals surface area contributed by atoms with Crippen LogP contribution in [0.2, 0.25) is 13.3 Å². The van der Waals surface area contributed by atoms with Gasteiger partial charge in [0.1, 0.15) is 0 Å². The standard InChI is InChI=1S/C4H7O.2C4H9.C3H7.Sn/c1-3-5-4-2;2*1-3-4-2;1-3-2;/h1,4H2,2H3;2*1,3-4H2,2H3;1,3H2,2H3;. The van der Waals surface area contributed by atoms with Crippen LogP contribution in [-0.2, 0) is 4.74 Å². The first-order valence-corrected chi connectivity index (χ1v) is 15.0. The first-order valence-electron chi connectivity index (χ1n) is 7.49. The van der Waals surface area contributed by atoms with Gasteiger partial charge >= 0.3 is 113 Å². The van der Waals surface area contributed by atoms with Gasteiger partial charge in [0.15, 0.2) is 0 Å². The number of rotatable bonds is 11. The molecule has 0 N–H and O–H groups in total. The molecule has 0 unspecified atom stereocenters. The molecule has 2 heteroatoms. The zero-order valence-corrected chi connectivity index (χ0v) is 15.3. The Morgan fingerprint density at radius 1 is 0.882 bits per heavy atom. The van der Waals surface area contributed by atoms with E-state index in [-0.39, 0.29) is 0 Å².